The van der Waals surface area contributed by atoms with Crippen molar-refractivity contribution in [2.45, 2.75) is 18.2 Å². The Hall–Kier alpha value is -3.65. The van der Waals surface area contributed by atoms with Crippen LogP contribution in [0.1, 0.15) is 28.9 Å². The number of ether oxygens (including phenoxy) is 2. The molecule has 2 atom stereocenters. The van der Waals surface area contributed by atoms with Crippen LogP contribution in [0, 0.1) is 5.82 Å². The molecule has 34 heavy (non-hydrogen) atoms. The van der Waals surface area contributed by atoms with Gasteiger partial charge in [0.15, 0.2) is 5.78 Å². The summed E-state index contributed by atoms with van der Waals surface area (Å²) in [5.41, 5.74) is 1.92. The van der Waals surface area contributed by atoms with Crippen molar-refractivity contribution < 1.29 is 28.2 Å². The van der Waals surface area contributed by atoms with E-state index < -0.39 is 17.0 Å². The predicted octanol–water partition coefficient (Wildman–Crippen LogP) is 4.83. The highest BCUT2D eigenvalue weighted by Crippen LogP contribution is 2.45. The molecule has 8 heteroatoms. The van der Waals surface area contributed by atoms with Crippen LogP contribution in [0.15, 0.2) is 72.8 Å². The number of carbonyl (C=O) groups is 3. The maximum Gasteiger partial charge on any atom is 0.308 e. The molecule has 0 bridgehead atoms. The topological polar surface area (TPSA) is 72.9 Å². The third kappa shape index (κ3) is 4.97. The summed E-state index contributed by atoms with van der Waals surface area (Å²) in [4.78, 5) is 38.6. The highest BCUT2D eigenvalue weighted by Gasteiger charge is 2.49. The molecule has 1 fully saturated rings. The van der Waals surface area contributed by atoms with Crippen LogP contribution in [0.4, 0.5) is 10.1 Å². The Bertz CT molecular complexity index is 1200. The van der Waals surface area contributed by atoms with Gasteiger partial charge in [0.1, 0.15) is 22.6 Å². The molecular formula is C26H22FNO5S. The van der Waals surface area contributed by atoms with Gasteiger partial charge in [0.2, 0.25) is 5.91 Å². The molecule has 3 aromatic carbocycles. The number of β-lactam (4-membered cyclic amide) rings is 1. The molecule has 0 N–H and O–H groups in total. The fourth-order valence-electron chi connectivity index (χ4n) is 3.76. The Morgan fingerprint density at radius 1 is 0.941 bits per heavy atom. The van der Waals surface area contributed by atoms with Crippen molar-refractivity contribution in [1.82, 2.24) is 0 Å². The van der Waals surface area contributed by atoms with E-state index in [2.05, 4.69) is 0 Å². The zero-order valence-electron chi connectivity index (χ0n) is 18.6. The number of Topliss-reactive ketones (excluding diaryl/α,β-unsaturated/α-hetero) is 1. The Balaban J connectivity index is 1.54. The Morgan fingerprint density at radius 3 is 2.15 bits per heavy atom. The molecule has 0 aromatic heterocycles. The van der Waals surface area contributed by atoms with Crippen molar-refractivity contribution in [3.8, 4) is 11.5 Å². The second kappa shape index (κ2) is 10.1. The number of nitrogens with zero attached hydrogens (tertiary/aromatic N) is 1. The maximum atomic E-state index is 13.4. The number of hydrogen-bond acceptors (Lipinski definition) is 6. The van der Waals surface area contributed by atoms with Gasteiger partial charge in [-0.15, -0.1) is 11.8 Å². The van der Waals surface area contributed by atoms with Gasteiger partial charge in [0, 0.05) is 18.2 Å². The van der Waals surface area contributed by atoms with E-state index in [0.29, 0.717) is 22.7 Å². The summed E-state index contributed by atoms with van der Waals surface area (Å²) in [6.45, 7) is 1.32. The smallest absolute Gasteiger partial charge is 0.308 e. The summed E-state index contributed by atoms with van der Waals surface area (Å²) < 4.78 is 23.7. The standard InChI is InChI=1S/C26H22FNO5S/c1-16(29)33-22-13-5-18(6-14-22)24-25(26(31)28(24)20-9-7-19(27)8-10-20)34-15-23(30)17-3-11-21(32-2)12-4-17/h3-14,24-25H,15H2,1-2H3. The van der Waals surface area contributed by atoms with Gasteiger partial charge in [0.25, 0.3) is 0 Å². The Kier molecular flexibility index (Phi) is 6.98. The van der Waals surface area contributed by atoms with E-state index in [0.717, 1.165) is 5.56 Å². The van der Waals surface area contributed by atoms with Crippen LogP contribution in [0.3, 0.4) is 0 Å². The molecule has 1 aliphatic heterocycles. The summed E-state index contributed by atoms with van der Waals surface area (Å²) >= 11 is 1.27. The van der Waals surface area contributed by atoms with Gasteiger partial charge in [-0.05, 0) is 66.2 Å². The average molecular weight is 480 g/mol. The Morgan fingerprint density at radius 2 is 1.56 bits per heavy atom. The fourth-order valence-corrected chi connectivity index (χ4v) is 4.98. The number of halogens is 1. The lowest BCUT2D eigenvalue weighted by atomic mass is 9.92. The molecule has 6 nitrogen and oxygen atoms in total. The first-order chi connectivity index (χ1) is 16.4. The van der Waals surface area contributed by atoms with E-state index in [1.54, 1.807) is 72.7 Å². The van der Waals surface area contributed by atoms with Crippen LogP contribution in [0.5, 0.6) is 11.5 Å². The molecule has 1 saturated heterocycles. The van der Waals surface area contributed by atoms with Crippen LogP contribution in [0.25, 0.3) is 0 Å². The van der Waals surface area contributed by atoms with E-state index in [-0.39, 0.29) is 23.5 Å². The van der Waals surface area contributed by atoms with Crippen molar-refractivity contribution in [1.29, 1.82) is 0 Å². The molecule has 3 aromatic rings. The first-order valence-electron chi connectivity index (χ1n) is 10.5. The third-order valence-corrected chi connectivity index (χ3v) is 6.69. The number of amides is 1. The molecule has 1 aliphatic rings. The second-order valence-electron chi connectivity index (χ2n) is 7.68. The molecule has 0 radical (unpaired) electrons. The number of hydrogen-bond donors (Lipinski definition) is 0. The van der Waals surface area contributed by atoms with Gasteiger partial charge in [-0.2, -0.15) is 0 Å². The largest absolute Gasteiger partial charge is 0.497 e. The molecule has 1 amide bonds. The molecule has 0 saturated carbocycles. The highest BCUT2D eigenvalue weighted by molar-refractivity contribution is 8.01. The van der Waals surface area contributed by atoms with E-state index >= 15 is 0 Å². The molecule has 4 rings (SSSR count). The second-order valence-corrected chi connectivity index (χ2v) is 8.81. The summed E-state index contributed by atoms with van der Waals surface area (Å²) in [7, 11) is 1.56. The quantitative estimate of drug-likeness (QED) is 0.199. The van der Waals surface area contributed by atoms with Gasteiger partial charge in [-0.3, -0.25) is 14.4 Å². The number of methoxy groups -OCH3 is 1. The molecule has 0 spiro atoms. The summed E-state index contributed by atoms with van der Waals surface area (Å²) in [5.74, 6) is 0.111. The molecule has 2 unspecified atom stereocenters. The number of benzene rings is 3. The van der Waals surface area contributed by atoms with Crippen LogP contribution in [-0.2, 0) is 9.59 Å². The minimum Gasteiger partial charge on any atom is -0.497 e. The lowest BCUT2D eigenvalue weighted by molar-refractivity contribution is -0.131. The number of esters is 1. The van der Waals surface area contributed by atoms with E-state index in [1.807, 2.05) is 0 Å². The minimum atomic E-state index is -0.494. The van der Waals surface area contributed by atoms with Crippen molar-refractivity contribution in [3.05, 3.63) is 89.7 Å². The van der Waals surface area contributed by atoms with E-state index in [1.165, 1.54) is 30.8 Å². The van der Waals surface area contributed by atoms with Crippen molar-refractivity contribution in [2.75, 3.05) is 17.8 Å². The minimum absolute atomic E-state index is 0.0929. The van der Waals surface area contributed by atoms with Gasteiger partial charge >= 0.3 is 5.97 Å². The lowest BCUT2D eigenvalue weighted by Crippen LogP contribution is -2.57. The highest BCUT2D eigenvalue weighted by atomic mass is 32.2. The third-order valence-electron chi connectivity index (χ3n) is 5.44. The summed E-state index contributed by atoms with van der Waals surface area (Å²) in [6, 6.07) is 19.1. The fraction of sp³-hybridized carbons (Fsp3) is 0.192. The van der Waals surface area contributed by atoms with Gasteiger partial charge in [-0.25, -0.2) is 4.39 Å². The van der Waals surface area contributed by atoms with Crippen molar-refractivity contribution >= 4 is 35.1 Å². The SMILES string of the molecule is COc1ccc(C(=O)CSC2C(=O)N(c3ccc(F)cc3)C2c2ccc(OC(C)=O)cc2)cc1. The van der Waals surface area contributed by atoms with Gasteiger partial charge < -0.3 is 14.4 Å². The number of rotatable bonds is 8. The predicted molar refractivity (Wildman–Crippen MR) is 128 cm³/mol. The van der Waals surface area contributed by atoms with Crippen LogP contribution >= 0.6 is 11.8 Å². The maximum absolute atomic E-state index is 13.4. The molecular weight excluding hydrogens is 457 g/mol. The number of thioether (sulfide) groups is 1. The normalized spacial score (nSPS) is 17.1. The molecule has 0 aliphatic carbocycles. The van der Waals surface area contributed by atoms with E-state index in [9.17, 15) is 18.8 Å². The number of carbonyl (C=O) groups excluding carboxylic acids is 3. The lowest BCUT2D eigenvalue weighted by Gasteiger charge is -2.47. The monoisotopic (exact) mass is 479 g/mol. The number of anilines is 1. The first-order valence-corrected chi connectivity index (χ1v) is 11.6. The van der Waals surface area contributed by atoms with Crippen LogP contribution in [0.2, 0.25) is 0 Å². The Labute approximate surface area is 200 Å². The van der Waals surface area contributed by atoms with Crippen LogP contribution < -0.4 is 14.4 Å². The number of ketones is 1. The average Bonchev–Trinajstić information content (AvgIpc) is 2.84. The molecule has 174 valence electrons. The molecule has 1 heterocycles. The first kappa shape index (κ1) is 23.5. The zero-order valence-corrected chi connectivity index (χ0v) is 19.4. The van der Waals surface area contributed by atoms with Crippen molar-refractivity contribution in [3.63, 3.8) is 0 Å². The summed E-state index contributed by atoms with van der Waals surface area (Å²) in [6.07, 6.45) is 0. The van der Waals surface area contributed by atoms with Crippen molar-refractivity contribution in [2.24, 2.45) is 0 Å². The van der Waals surface area contributed by atoms with Crippen LogP contribution in [-0.4, -0.2) is 35.8 Å². The van der Waals surface area contributed by atoms with Gasteiger partial charge in [-0.1, -0.05) is 12.1 Å². The van der Waals surface area contributed by atoms with E-state index in [4.69, 9.17) is 9.47 Å². The van der Waals surface area contributed by atoms with Gasteiger partial charge in [0.05, 0.1) is 18.9 Å². The summed E-state index contributed by atoms with van der Waals surface area (Å²) in [5, 5.41) is -0.494. The zero-order chi connectivity index (χ0) is 24.2.